The zero-order valence-electron chi connectivity index (χ0n) is 10.4. The lowest BCUT2D eigenvalue weighted by atomic mass is 10.1. The maximum Gasteiger partial charge on any atom is 0.269 e. The molecule has 0 unspecified atom stereocenters. The average molecular weight is 238 g/mol. The van der Waals surface area contributed by atoms with E-state index in [0.717, 1.165) is 11.3 Å². The molecule has 0 spiro atoms. The number of hydrogen-bond donors (Lipinski definition) is 1. The molecule has 0 fully saturated rings. The minimum atomic E-state index is -0.397. The van der Waals surface area contributed by atoms with Crippen LogP contribution in [0.5, 0.6) is 0 Å². The molecule has 17 heavy (non-hydrogen) atoms. The Morgan fingerprint density at radius 1 is 1.47 bits per heavy atom. The lowest BCUT2D eigenvalue weighted by Gasteiger charge is -2.10. The van der Waals surface area contributed by atoms with Crippen molar-refractivity contribution in [1.82, 2.24) is 0 Å². The fourth-order valence-corrected chi connectivity index (χ4v) is 1.46. The third-order valence-corrected chi connectivity index (χ3v) is 2.28. The van der Waals surface area contributed by atoms with E-state index in [1.807, 2.05) is 0 Å². The summed E-state index contributed by atoms with van der Waals surface area (Å²) in [6.45, 7) is 5.15. The summed E-state index contributed by atoms with van der Waals surface area (Å²) < 4.78 is 5.50. The van der Waals surface area contributed by atoms with Gasteiger partial charge in [-0.1, -0.05) is 13.8 Å². The second-order valence-corrected chi connectivity index (χ2v) is 4.26. The van der Waals surface area contributed by atoms with Crippen LogP contribution in [0.25, 0.3) is 0 Å². The van der Waals surface area contributed by atoms with Crippen molar-refractivity contribution in [2.24, 2.45) is 5.92 Å². The molecule has 0 aliphatic rings. The van der Waals surface area contributed by atoms with E-state index in [-0.39, 0.29) is 5.69 Å². The van der Waals surface area contributed by atoms with Crippen LogP contribution in [0.3, 0.4) is 0 Å². The summed E-state index contributed by atoms with van der Waals surface area (Å²) in [4.78, 5) is 10.3. The number of nitro groups is 1. The first-order valence-electron chi connectivity index (χ1n) is 5.57. The van der Waals surface area contributed by atoms with Crippen LogP contribution >= 0.6 is 0 Å². The molecule has 0 radical (unpaired) electrons. The van der Waals surface area contributed by atoms with E-state index in [0.29, 0.717) is 19.1 Å². The lowest BCUT2D eigenvalue weighted by molar-refractivity contribution is -0.384. The van der Waals surface area contributed by atoms with E-state index in [1.165, 1.54) is 6.07 Å². The fourth-order valence-electron chi connectivity index (χ4n) is 1.46. The van der Waals surface area contributed by atoms with Gasteiger partial charge in [-0.25, -0.2) is 0 Å². The highest BCUT2D eigenvalue weighted by molar-refractivity contribution is 5.55. The van der Waals surface area contributed by atoms with Gasteiger partial charge in [0.15, 0.2) is 0 Å². The smallest absolute Gasteiger partial charge is 0.269 e. The standard InChI is InChI=1S/C12H18N2O3/c1-9(2)7-17-8-10-6-11(14(15)16)4-5-12(10)13-3/h4-6,9,13H,7-8H2,1-3H3. The van der Waals surface area contributed by atoms with Gasteiger partial charge in [0.1, 0.15) is 0 Å². The van der Waals surface area contributed by atoms with Gasteiger partial charge >= 0.3 is 0 Å². The number of non-ortho nitro benzene ring substituents is 1. The number of nitro benzene ring substituents is 1. The zero-order chi connectivity index (χ0) is 12.8. The van der Waals surface area contributed by atoms with Crippen LogP contribution in [0.2, 0.25) is 0 Å². The minimum Gasteiger partial charge on any atom is -0.388 e. The predicted molar refractivity (Wildman–Crippen MR) is 67.1 cm³/mol. The van der Waals surface area contributed by atoms with Crippen molar-refractivity contribution in [3.05, 3.63) is 33.9 Å². The molecule has 1 rings (SSSR count). The largest absolute Gasteiger partial charge is 0.388 e. The van der Waals surface area contributed by atoms with Gasteiger partial charge in [-0.2, -0.15) is 0 Å². The van der Waals surface area contributed by atoms with Crippen LogP contribution in [0.1, 0.15) is 19.4 Å². The molecular formula is C12H18N2O3. The second-order valence-electron chi connectivity index (χ2n) is 4.26. The molecule has 0 amide bonds. The number of ether oxygens (including phenoxy) is 1. The molecule has 0 aliphatic carbocycles. The molecule has 1 aromatic rings. The number of hydrogen-bond acceptors (Lipinski definition) is 4. The van der Waals surface area contributed by atoms with Crippen molar-refractivity contribution in [3.8, 4) is 0 Å². The number of rotatable bonds is 6. The van der Waals surface area contributed by atoms with E-state index >= 15 is 0 Å². The Balaban J connectivity index is 2.79. The van der Waals surface area contributed by atoms with Crippen molar-refractivity contribution in [1.29, 1.82) is 0 Å². The molecule has 94 valence electrons. The fraction of sp³-hybridized carbons (Fsp3) is 0.500. The third-order valence-electron chi connectivity index (χ3n) is 2.28. The van der Waals surface area contributed by atoms with Crippen LogP contribution in [-0.4, -0.2) is 18.6 Å². The number of anilines is 1. The molecule has 1 N–H and O–H groups in total. The summed E-state index contributed by atoms with van der Waals surface area (Å²) in [5.74, 6) is 0.451. The van der Waals surface area contributed by atoms with Crippen LogP contribution < -0.4 is 5.32 Å². The van der Waals surface area contributed by atoms with Gasteiger partial charge in [0.25, 0.3) is 5.69 Å². The van der Waals surface area contributed by atoms with Gasteiger partial charge < -0.3 is 10.1 Å². The summed E-state index contributed by atoms with van der Waals surface area (Å²) in [6, 6.07) is 4.73. The van der Waals surface area contributed by atoms with Gasteiger partial charge in [-0.05, 0) is 12.0 Å². The first-order valence-corrected chi connectivity index (χ1v) is 5.57. The van der Waals surface area contributed by atoms with E-state index in [1.54, 1.807) is 19.2 Å². The van der Waals surface area contributed by atoms with Gasteiger partial charge in [0, 0.05) is 37.0 Å². The second kappa shape index (κ2) is 6.20. The van der Waals surface area contributed by atoms with Gasteiger partial charge in [0.05, 0.1) is 11.5 Å². The molecular weight excluding hydrogens is 220 g/mol. The highest BCUT2D eigenvalue weighted by Gasteiger charge is 2.10. The SMILES string of the molecule is CNc1ccc([N+](=O)[O-])cc1COCC(C)C. The summed E-state index contributed by atoms with van der Waals surface area (Å²) in [7, 11) is 1.78. The lowest BCUT2D eigenvalue weighted by Crippen LogP contribution is -2.04. The number of nitrogens with zero attached hydrogens (tertiary/aromatic N) is 1. The topological polar surface area (TPSA) is 64.4 Å². The molecule has 0 aliphatic heterocycles. The predicted octanol–water partition coefficient (Wildman–Crippen LogP) is 2.81. The highest BCUT2D eigenvalue weighted by Crippen LogP contribution is 2.22. The van der Waals surface area contributed by atoms with Gasteiger partial charge in [-0.15, -0.1) is 0 Å². The number of nitrogens with one attached hydrogen (secondary N) is 1. The molecule has 0 atom stereocenters. The van der Waals surface area contributed by atoms with Crippen LogP contribution in [-0.2, 0) is 11.3 Å². The molecule has 5 nitrogen and oxygen atoms in total. The van der Waals surface area contributed by atoms with Crippen LogP contribution in [0.15, 0.2) is 18.2 Å². The third kappa shape index (κ3) is 4.03. The maximum atomic E-state index is 10.7. The van der Waals surface area contributed by atoms with E-state index in [4.69, 9.17) is 4.74 Å². The molecule has 0 heterocycles. The Bertz CT molecular complexity index is 391. The molecule has 0 saturated carbocycles. The van der Waals surface area contributed by atoms with E-state index in [2.05, 4.69) is 19.2 Å². The van der Waals surface area contributed by atoms with Crippen molar-refractivity contribution in [3.63, 3.8) is 0 Å². The molecule has 0 saturated heterocycles. The molecule has 1 aromatic carbocycles. The van der Waals surface area contributed by atoms with Gasteiger partial charge in [0.2, 0.25) is 0 Å². The molecule has 0 aromatic heterocycles. The van der Waals surface area contributed by atoms with Crippen molar-refractivity contribution < 1.29 is 9.66 Å². The quantitative estimate of drug-likeness (QED) is 0.611. The maximum absolute atomic E-state index is 10.7. The summed E-state index contributed by atoms with van der Waals surface area (Å²) in [6.07, 6.45) is 0. The van der Waals surface area contributed by atoms with Gasteiger partial charge in [-0.3, -0.25) is 10.1 Å². The first kappa shape index (κ1) is 13.4. The normalized spacial score (nSPS) is 10.6. The highest BCUT2D eigenvalue weighted by atomic mass is 16.6. The summed E-state index contributed by atoms with van der Waals surface area (Å²) >= 11 is 0. The van der Waals surface area contributed by atoms with Crippen molar-refractivity contribution >= 4 is 11.4 Å². The molecule has 0 bridgehead atoms. The Kier molecular flexibility index (Phi) is 4.90. The van der Waals surface area contributed by atoms with Crippen molar-refractivity contribution in [2.75, 3.05) is 19.0 Å². The van der Waals surface area contributed by atoms with E-state index in [9.17, 15) is 10.1 Å². The van der Waals surface area contributed by atoms with Crippen LogP contribution in [0.4, 0.5) is 11.4 Å². The van der Waals surface area contributed by atoms with Crippen molar-refractivity contribution in [2.45, 2.75) is 20.5 Å². The monoisotopic (exact) mass is 238 g/mol. The summed E-state index contributed by atoms with van der Waals surface area (Å²) in [5, 5.41) is 13.7. The Morgan fingerprint density at radius 3 is 2.71 bits per heavy atom. The Labute approximate surface area is 101 Å². The number of benzene rings is 1. The average Bonchev–Trinajstić information content (AvgIpc) is 2.28. The van der Waals surface area contributed by atoms with Crippen LogP contribution in [0, 0.1) is 16.0 Å². The minimum absolute atomic E-state index is 0.0900. The van der Waals surface area contributed by atoms with E-state index < -0.39 is 4.92 Å². The first-order chi connectivity index (χ1) is 8.04. The molecule has 5 heteroatoms. The zero-order valence-corrected chi connectivity index (χ0v) is 10.4. The Hall–Kier alpha value is -1.62. The summed E-state index contributed by atoms with van der Waals surface area (Å²) in [5.41, 5.74) is 1.76. The Morgan fingerprint density at radius 2 is 2.18 bits per heavy atom.